The topological polar surface area (TPSA) is 111 Å². The molecule has 0 saturated heterocycles. The minimum absolute atomic E-state index is 0.0309. The van der Waals surface area contributed by atoms with E-state index in [2.05, 4.69) is 50.3 Å². The number of carbonyl (C=O) groups excluding carboxylic acids is 2. The second-order valence-electron chi connectivity index (χ2n) is 23.5. The van der Waals surface area contributed by atoms with Crippen molar-refractivity contribution >= 4 is 19.8 Å². The van der Waals surface area contributed by atoms with Gasteiger partial charge in [-0.3, -0.25) is 14.2 Å². The first-order valence-corrected chi connectivity index (χ1v) is 34.2. The Morgan fingerprint density at radius 3 is 1.08 bits per heavy atom. The number of nitrogens with zero attached hydrogens (tertiary/aromatic N) is 1. The highest BCUT2D eigenvalue weighted by atomic mass is 31.2. The Kier molecular flexibility index (Phi) is 56.6. The lowest BCUT2D eigenvalue weighted by Crippen LogP contribution is -2.37. The molecule has 0 aromatic rings. The highest BCUT2D eigenvalue weighted by Crippen LogP contribution is 2.38. The molecule has 9 nitrogen and oxygen atoms in total. The highest BCUT2D eigenvalue weighted by Gasteiger charge is 2.22. The summed E-state index contributed by atoms with van der Waals surface area (Å²) in [7, 11) is 1.17. The minimum atomic E-state index is -4.64. The average Bonchev–Trinajstić information content (AvgIpc) is 3.38. The molecule has 76 heavy (non-hydrogen) atoms. The monoisotopic (exact) mass is 1090 g/mol. The number of rotatable bonds is 61. The van der Waals surface area contributed by atoms with E-state index >= 15 is 0 Å². The lowest BCUT2D eigenvalue weighted by molar-refractivity contribution is -0.870. The van der Waals surface area contributed by atoms with Gasteiger partial charge in [0.05, 0.1) is 27.7 Å². The Labute approximate surface area is 471 Å². The highest BCUT2D eigenvalue weighted by molar-refractivity contribution is 7.45. The molecule has 2 unspecified atom stereocenters. The lowest BCUT2D eigenvalue weighted by Gasteiger charge is -2.28. The summed E-state index contributed by atoms with van der Waals surface area (Å²) in [5, 5.41) is 0. The first-order valence-electron chi connectivity index (χ1n) is 32.7. The van der Waals surface area contributed by atoms with E-state index in [9.17, 15) is 19.0 Å². The molecule has 10 heteroatoms. The number of hydrogen-bond acceptors (Lipinski definition) is 8. The molecule has 0 fully saturated rings. The minimum Gasteiger partial charge on any atom is -0.756 e. The lowest BCUT2D eigenvalue weighted by atomic mass is 10.0. The molecular weight excluding hydrogens is 966 g/mol. The third-order valence-electron chi connectivity index (χ3n) is 14.6. The summed E-state index contributed by atoms with van der Waals surface area (Å²) in [6.45, 7) is 4.25. The molecule has 0 amide bonds. The van der Waals surface area contributed by atoms with E-state index in [1.54, 1.807) is 0 Å². The van der Waals surface area contributed by atoms with Crippen LogP contribution < -0.4 is 4.89 Å². The quantitative estimate of drug-likeness (QED) is 0.0195. The third-order valence-corrected chi connectivity index (χ3v) is 15.6. The van der Waals surface area contributed by atoms with E-state index in [-0.39, 0.29) is 32.0 Å². The van der Waals surface area contributed by atoms with E-state index in [0.717, 1.165) is 51.4 Å². The fraction of sp³-hybridized carbons (Fsp3) is 0.879. The zero-order valence-corrected chi connectivity index (χ0v) is 51.9. The van der Waals surface area contributed by atoms with Crippen molar-refractivity contribution in [1.29, 1.82) is 0 Å². The Morgan fingerprint density at radius 1 is 0.408 bits per heavy atom. The van der Waals surface area contributed by atoms with Gasteiger partial charge in [-0.05, 0) is 70.6 Å². The molecule has 0 aromatic heterocycles. The third kappa shape index (κ3) is 61.4. The number of carbonyl (C=O) groups is 2. The smallest absolute Gasteiger partial charge is 0.306 e. The molecule has 0 rings (SSSR count). The van der Waals surface area contributed by atoms with Gasteiger partial charge >= 0.3 is 11.9 Å². The zero-order valence-electron chi connectivity index (χ0n) is 51.0. The van der Waals surface area contributed by atoms with Gasteiger partial charge in [0, 0.05) is 12.8 Å². The Morgan fingerprint density at radius 2 is 0.711 bits per heavy atom. The van der Waals surface area contributed by atoms with Crippen LogP contribution >= 0.6 is 7.82 Å². The van der Waals surface area contributed by atoms with Crippen molar-refractivity contribution in [2.45, 2.75) is 328 Å². The van der Waals surface area contributed by atoms with Crippen LogP contribution in [0, 0.1) is 0 Å². The Balaban J connectivity index is 3.94. The number of unbranched alkanes of at least 4 members (excludes halogenated alkanes) is 41. The molecule has 0 aliphatic rings. The van der Waals surface area contributed by atoms with Gasteiger partial charge < -0.3 is 27.9 Å². The summed E-state index contributed by atoms with van der Waals surface area (Å²) in [6.07, 6.45) is 72.3. The maximum atomic E-state index is 12.8. The predicted molar refractivity (Wildman–Crippen MR) is 324 cm³/mol. The number of quaternary nitrogens is 1. The van der Waals surface area contributed by atoms with Crippen molar-refractivity contribution in [3.8, 4) is 0 Å². The first-order chi connectivity index (χ1) is 37.0. The van der Waals surface area contributed by atoms with Crippen LogP contribution in [0.3, 0.4) is 0 Å². The molecule has 0 N–H and O–H groups in total. The summed E-state index contributed by atoms with van der Waals surface area (Å²) in [5.74, 6) is -0.828. The van der Waals surface area contributed by atoms with Crippen molar-refractivity contribution in [2.75, 3.05) is 47.5 Å². The van der Waals surface area contributed by atoms with Crippen LogP contribution in [0.25, 0.3) is 0 Å². The zero-order chi connectivity index (χ0) is 55.6. The molecule has 0 saturated carbocycles. The molecule has 2 atom stereocenters. The van der Waals surface area contributed by atoms with E-state index in [1.165, 1.54) is 238 Å². The number of phosphoric acid groups is 1. The normalized spacial score (nSPS) is 13.4. The van der Waals surface area contributed by atoms with Gasteiger partial charge in [0.25, 0.3) is 7.82 Å². The summed E-state index contributed by atoms with van der Waals surface area (Å²) in [5.41, 5.74) is 0. The number of allylic oxidation sites excluding steroid dienone is 6. The van der Waals surface area contributed by atoms with Crippen molar-refractivity contribution in [3.05, 3.63) is 36.5 Å². The van der Waals surface area contributed by atoms with Gasteiger partial charge in [0.1, 0.15) is 19.8 Å². The van der Waals surface area contributed by atoms with Crippen LogP contribution in [-0.4, -0.2) is 70.0 Å². The molecule has 0 aromatic carbocycles. The number of esters is 2. The Bertz CT molecular complexity index is 1380. The standard InChI is InChI=1S/C66H126NO8P/c1-6-8-10-12-14-16-18-20-22-24-25-26-27-28-29-30-31-32-33-34-35-36-37-38-39-40-41-43-44-46-48-50-52-54-56-58-65(68)72-62-64(63-74-76(70,71)73-61-60-67(3,4)5)75-66(69)59-57-55-53-51-49-47-45-42-23-21-19-17-15-13-11-9-7-2/h15,17,21,23-25,64H,6-14,16,18-20,22,26-63H2,1-5H3/b17-15-,23-21-,25-24-. The van der Waals surface area contributed by atoms with Crippen LogP contribution in [-0.2, 0) is 32.7 Å². The van der Waals surface area contributed by atoms with Crippen LogP contribution in [0.5, 0.6) is 0 Å². The van der Waals surface area contributed by atoms with Crippen molar-refractivity contribution in [3.63, 3.8) is 0 Å². The van der Waals surface area contributed by atoms with Crippen molar-refractivity contribution in [1.82, 2.24) is 0 Å². The Hall–Kier alpha value is -1.77. The van der Waals surface area contributed by atoms with Gasteiger partial charge in [-0.2, -0.15) is 0 Å². The van der Waals surface area contributed by atoms with Crippen molar-refractivity contribution in [2.24, 2.45) is 0 Å². The summed E-state index contributed by atoms with van der Waals surface area (Å²) in [6, 6.07) is 0. The van der Waals surface area contributed by atoms with Crippen LogP contribution in [0.15, 0.2) is 36.5 Å². The molecule has 0 heterocycles. The molecule has 0 bridgehead atoms. The first kappa shape index (κ1) is 74.2. The second-order valence-corrected chi connectivity index (χ2v) is 24.9. The fourth-order valence-electron chi connectivity index (χ4n) is 9.57. The summed E-state index contributed by atoms with van der Waals surface area (Å²) < 4.78 is 34.2. The second kappa shape index (κ2) is 57.9. The van der Waals surface area contributed by atoms with Crippen molar-refractivity contribution < 1.29 is 42.1 Å². The molecule has 0 aliphatic carbocycles. The van der Waals surface area contributed by atoms with Crippen LogP contribution in [0.1, 0.15) is 322 Å². The predicted octanol–water partition coefficient (Wildman–Crippen LogP) is 20.1. The van der Waals surface area contributed by atoms with E-state index < -0.39 is 26.5 Å². The molecule has 448 valence electrons. The fourth-order valence-corrected chi connectivity index (χ4v) is 10.3. The number of ether oxygens (including phenoxy) is 2. The SMILES string of the molecule is CCCCC/C=C\C/C=C\CCCCCCCCCC(=O)OC(COC(=O)CCCCCCCCCCCCCCCCCCCCCCCCC/C=C\CCCCCCCCCC)COP(=O)([O-])OCC[N+](C)(C)C. The van der Waals surface area contributed by atoms with Gasteiger partial charge in [-0.25, -0.2) is 0 Å². The van der Waals surface area contributed by atoms with Gasteiger partial charge in [-0.1, -0.05) is 275 Å². The van der Waals surface area contributed by atoms with Crippen LogP contribution in [0.2, 0.25) is 0 Å². The number of hydrogen-bond donors (Lipinski definition) is 0. The molecule has 0 spiro atoms. The van der Waals surface area contributed by atoms with E-state index in [0.29, 0.717) is 17.4 Å². The van der Waals surface area contributed by atoms with E-state index in [4.69, 9.17) is 18.5 Å². The number of likely N-dealkylation sites (N-methyl/N-ethyl adjacent to an activating group) is 1. The number of phosphoric ester groups is 1. The summed E-state index contributed by atoms with van der Waals surface area (Å²) >= 11 is 0. The molecule has 0 radical (unpaired) electrons. The van der Waals surface area contributed by atoms with Crippen LogP contribution in [0.4, 0.5) is 0 Å². The van der Waals surface area contributed by atoms with Gasteiger partial charge in [0.2, 0.25) is 0 Å². The molecule has 0 aliphatic heterocycles. The molecular formula is C66H126NO8P. The maximum absolute atomic E-state index is 12.8. The summed E-state index contributed by atoms with van der Waals surface area (Å²) in [4.78, 5) is 37.9. The average molecular weight is 1090 g/mol. The van der Waals surface area contributed by atoms with Gasteiger partial charge in [0.15, 0.2) is 6.10 Å². The van der Waals surface area contributed by atoms with E-state index in [1.807, 2.05) is 21.1 Å². The largest absolute Gasteiger partial charge is 0.756 e. The van der Waals surface area contributed by atoms with Gasteiger partial charge in [-0.15, -0.1) is 0 Å². The maximum Gasteiger partial charge on any atom is 0.306 e.